The first kappa shape index (κ1) is 11.6. The SMILES string of the molecule is CCn1c(C2(N)CCOC2)nc2ccc(F)cc21. The molecule has 0 aliphatic carbocycles. The predicted octanol–water partition coefficient (Wildman–Crippen LogP) is 1.77. The minimum atomic E-state index is -0.550. The van der Waals surface area contributed by atoms with Gasteiger partial charge in [-0.2, -0.15) is 0 Å². The molecule has 4 nitrogen and oxygen atoms in total. The molecule has 1 saturated heterocycles. The van der Waals surface area contributed by atoms with Crippen molar-refractivity contribution in [3.63, 3.8) is 0 Å². The third-order valence-electron chi connectivity index (χ3n) is 3.52. The largest absolute Gasteiger partial charge is 0.379 e. The quantitative estimate of drug-likeness (QED) is 0.882. The van der Waals surface area contributed by atoms with Gasteiger partial charge in [-0.1, -0.05) is 0 Å². The molecule has 0 spiro atoms. The summed E-state index contributed by atoms with van der Waals surface area (Å²) in [5, 5.41) is 0. The van der Waals surface area contributed by atoms with E-state index < -0.39 is 5.54 Å². The molecule has 0 amide bonds. The standard InChI is InChI=1S/C13H16FN3O/c1-2-17-11-7-9(14)3-4-10(11)16-12(17)13(15)5-6-18-8-13/h3-4,7H,2,5-6,8,15H2,1H3. The van der Waals surface area contributed by atoms with Crippen molar-refractivity contribution in [2.24, 2.45) is 5.73 Å². The summed E-state index contributed by atoms with van der Waals surface area (Å²) in [5.74, 6) is 0.542. The Balaban J connectivity index is 2.23. The van der Waals surface area contributed by atoms with E-state index in [4.69, 9.17) is 10.5 Å². The van der Waals surface area contributed by atoms with Gasteiger partial charge in [-0.25, -0.2) is 9.37 Å². The molecule has 2 aromatic rings. The summed E-state index contributed by atoms with van der Waals surface area (Å²) in [6, 6.07) is 4.63. The smallest absolute Gasteiger partial charge is 0.132 e. The number of imidazole rings is 1. The number of fused-ring (bicyclic) bond motifs is 1. The van der Waals surface area contributed by atoms with Gasteiger partial charge in [0, 0.05) is 13.2 Å². The van der Waals surface area contributed by atoms with Gasteiger partial charge in [0.2, 0.25) is 0 Å². The fourth-order valence-electron chi connectivity index (χ4n) is 2.55. The second-order valence-electron chi connectivity index (χ2n) is 4.77. The molecule has 0 saturated carbocycles. The van der Waals surface area contributed by atoms with Crippen molar-refractivity contribution in [2.75, 3.05) is 13.2 Å². The summed E-state index contributed by atoms with van der Waals surface area (Å²) in [6.07, 6.45) is 0.749. The van der Waals surface area contributed by atoms with Crippen molar-refractivity contribution in [2.45, 2.75) is 25.4 Å². The number of hydrogen-bond acceptors (Lipinski definition) is 3. The van der Waals surface area contributed by atoms with Crippen LogP contribution in [0.5, 0.6) is 0 Å². The Labute approximate surface area is 105 Å². The van der Waals surface area contributed by atoms with Crippen molar-refractivity contribution >= 4 is 11.0 Å². The lowest BCUT2D eigenvalue weighted by Crippen LogP contribution is -2.40. The van der Waals surface area contributed by atoms with Crippen molar-refractivity contribution in [3.8, 4) is 0 Å². The van der Waals surface area contributed by atoms with Gasteiger partial charge in [-0.15, -0.1) is 0 Å². The van der Waals surface area contributed by atoms with E-state index in [2.05, 4.69) is 4.98 Å². The van der Waals surface area contributed by atoms with E-state index in [-0.39, 0.29) is 5.82 Å². The molecule has 1 fully saturated rings. The van der Waals surface area contributed by atoms with E-state index in [9.17, 15) is 4.39 Å². The van der Waals surface area contributed by atoms with Crippen LogP contribution in [0.3, 0.4) is 0 Å². The van der Waals surface area contributed by atoms with E-state index in [0.29, 0.717) is 19.8 Å². The lowest BCUT2D eigenvalue weighted by Gasteiger charge is -2.22. The second-order valence-corrected chi connectivity index (χ2v) is 4.77. The molecule has 2 heterocycles. The molecule has 2 N–H and O–H groups in total. The monoisotopic (exact) mass is 249 g/mol. The molecule has 1 aromatic heterocycles. The first-order valence-corrected chi connectivity index (χ1v) is 6.17. The van der Waals surface area contributed by atoms with Crippen LogP contribution < -0.4 is 5.73 Å². The number of aromatic nitrogens is 2. The Morgan fingerprint density at radius 3 is 3.06 bits per heavy atom. The summed E-state index contributed by atoms with van der Waals surface area (Å²) in [7, 11) is 0. The zero-order valence-electron chi connectivity index (χ0n) is 10.3. The van der Waals surface area contributed by atoms with Crippen LogP contribution in [-0.2, 0) is 16.8 Å². The molecule has 18 heavy (non-hydrogen) atoms. The Morgan fingerprint density at radius 2 is 2.39 bits per heavy atom. The summed E-state index contributed by atoms with van der Waals surface area (Å²) in [6.45, 7) is 3.85. The van der Waals surface area contributed by atoms with Crippen molar-refractivity contribution in [1.82, 2.24) is 9.55 Å². The fourth-order valence-corrected chi connectivity index (χ4v) is 2.55. The molecule has 0 radical (unpaired) electrons. The molecular weight excluding hydrogens is 233 g/mol. The first-order chi connectivity index (χ1) is 8.64. The van der Waals surface area contributed by atoms with Crippen LogP contribution in [0.1, 0.15) is 19.2 Å². The first-order valence-electron chi connectivity index (χ1n) is 6.17. The van der Waals surface area contributed by atoms with Crippen LogP contribution in [-0.4, -0.2) is 22.8 Å². The highest BCUT2D eigenvalue weighted by molar-refractivity contribution is 5.76. The van der Waals surface area contributed by atoms with Crippen molar-refractivity contribution < 1.29 is 9.13 Å². The van der Waals surface area contributed by atoms with Crippen LogP contribution in [0.2, 0.25) is 0 Å². The summed E-state index contributed by atoms with van der Waals surface area (Å²) in [4.78, 5) is 4.57. The van der Waals surface area contributed by atoms with Crippen LogP contribution in [0.4, 0.5) is 4.39 Å². The van der Waals surface area contributed by atoms with Crippen LogP contribution >= 0.6 is 0 Å². The molecule has 1 aliphatic heterocycles. The van der Waals surface area contributed by atoms with Gasteiger partial charge in [0.05, 0.1) is 17.6 Å². The Morgan fingerprint density at radius 1 is 1.56 bits per heavy atom. The van der Waals surface area contributed by atoms with Gasteiger partial charge in [0.25, 0.3) is 0 Å². The molecule has 0 bridgehead atoms. The zero-order valence-corrected chi connectivity index (χ0v) is 10.3. The highest BCUT2D eigenvalue weighted by Crippen LogP contribution is 2.30. The van der Waals surface area contributed by atoms with Gasteiger partial charge in [0.15, 0.2) is 0 Å². The van der Waals surface area contributed by atoms with Crippen LogP contribution in [0, 0.1) is 5.82 Å². The van der Waals surface area contributed by atoms with E-state index in [1.165, 1.54) is 12.1 Å². The molecular formula is C13H16FN3O. The molecule has 1 aliphatic rings. The van der Waals surface area contributed by atoms with Gasteiger partial charge in [-0.05, 0) is 31.5 Å². The molecule has 3 rings (SSSR count). The lowest BCUT2D eigenvalue weighted by atomic mass is 9.99. The molecule has 1 aromatic carbocycles. The number of benzene rings is 1. The lowest BCUT2D eigenvalue weighted by molar-refractivity contribution is 0.175. The number of halogens is 1. The summed E-state index contributed by atoms with van der Waals surface area (Å²) in [5.41, 5.74) is 7.38. The van der Waals surface area contributed by atoms with Crippen LogP contribution in [0.25, 0.3) is 11.0 Å². The predicted molar refractivity (Wildman–Crippen MR) is 66.7 cm³/mol. The number of aryl methyl sites for hydroxylation is 1. The highest BCUT2D eigenvalue weighted by Gasteiger charge is 2.37. The highest BCUT2D eigenvalue weighted by atomic mass is 19.1. The minimum absolute atomic E-state index is 0.252. The van der Waals surface area contributed by atoms with Crippen LogP contribution in [0.15, 0.2) is 18.2 Å². The van der Waals surface area contributed by atoms with Crippen molar-refractivity contribution in [1.29, 1.82) is 0 Å². The normalized spacial score (nSPS) is 23.9. The van der Waals surface area contributed by atoms with E-state index in [0.717, 1.165) is 23.3 Å². The average Bonchev–Trinajstić information content (AvgIpc) is 2.93. The van der Waals surface area contributed by atoms with E-state index in [1.807, 2.05) is 11.5 Å². The topological polar surface area (TPSA) is 53.1 Å². The van der Waals surface area contributed by atoms with Gasteiger partial charge in [0.1, 0.15) is 17.2 Å². The zero-order chi connectivity index (χ0) is 12.8. The summed E-state index contributed by atoms with van der Waals surface area (Å²) < 4.78 is 20.7. The second kappa shape index (κ2) is 4.03. The Hall–Kier alpha value is -1.46. The maximum absolute atomic E-state index is 13.3. The van der Waals surface area contributed by atoms with Gasteiger partial charge >= 0.3 is 0 Å². The number of nitrogens with zero attached hydrogens (tertiary/aromatic N) is 2. The Kier molecular flexibility index (Phi) is 2.60. The average molecular weight is 249 g/mol. The minimum Gasteiger partial charge on any atom is -0.379 e. The summed E-state index contributed by atoms with van der Waals surface area (Å²) >= 11 is 0. The maximum atomic E-state index is 13.3. The molecule has 5 heteroatoms. The number of ether oxygens (including phenoxy) is 1. The van der Waals surface area contributed by atoms with Gasteiger partial charge < -0.3 is 15.0 Å². The molecule has 1 unspecified atom stereocenters. The molecule has 96 valence electrons. The Bertz CT molecular complexity index is 587. The number of hydrogen-bond donors (Lipinski definition) is 1. The number of rotatable bonds is 2. The van der Waals surface area contributed by atoms with Crippen molar-refractivity contribution in [3.05, 3.63) is 29.8 Å². The fraction of sp³-hybridized carbons (Fsp3) is 0.462. The number of nitrogens with two attached hydrogens (primary N) is 1. The van der Waals surface area contributed by atoms with E-state index >= 15 is 0 Å². The van der Waals surface area contributed by atoms with Gasteiger partial charge in [-0.3, -0.25) is 0 Å². The third-order valence-corrected chi connectivity index (χ3v) is 3.52. The third kappa shape index (κ3) is 1.62. The maximum Gasteiger partial charge on any atom is 0.132 e. The molecule has 1 atom stereocenters. The van der Waals surface area contributed by atoms with E-state index in [1.54, 1.807) is 6.07 Å².